The predicted octanol–water partition coefficient (Wildman–Crippen LogP) is 3.81. The highest BCUT2D eigenvalue weighted by Gasteiger charge is 2.47. The van der Waals surface area contributed by atoms with Gasteiger partial charge >= 0.3 is 0 Å². The molecule has 1 aliphatic heterocycles. The average molecular weight is 385 g/mol. The van der Waals surface area contributed by atoms with E-state index in [0.717, 1.165) is 37.2 Å². The van der Waals surface area contributed by atoms with E-state index in [1.807, 2.05) is 6.07 Å². The van der Waals surface area contributed by atoms with Crippen LogP contribution in [0.4, 0.5) is 0 Å². The molecule has 0 aromatic heterocycles. The molecule has 2 aliphatic rings. The Morgan fingerprint density at radius 2 is 2.04 bits per heavy atom. The lowest BCUT2D eigenvalue weighted by atomic mass is 9.64. The smallest absolute Gasteiger partial charge is 0.251 e. The monoisotopic (exact) mass is 384 g/mol. The van der Waals surface area contributed by atoms with Gasteiger partial charge in [-0.15, -0.1) is 0 Å². The molecule has 5 heteroatoms. The number of nitrogens with zero attached hydrogens (tertiary/aromatic N) is 1. The number of carbonyl (C=O) groups excluding carboxylic acids is 1. The molecule has 1 saturated heterocycles. The van der Waals surface area contributed by atoms with Gasteiger partial charge in [-0.3, -0.25) is 4.79 Å². The fraction of sp³-hybridized carbons (Fsp3) is 0.409. The van der Waals surface area contributed by atoms with Crippen LogP contribution in [0.2, 0.25) is 5.02 Å². The predicted molar refractivity (Wildman–Crippen MR) is 108 cm³/mol. The molecule has 4 rings (SSSR count). The van der Waals surface area contributed by atoms with Gasteiger partial charge < -0.3 is 15.0 Å². The molecule has 2 aromatic carbocycles. The minimum absolute atomic E-state index is 0.0388. The zero-order valence-corrected chi connectivity index (χ0v) is 16.3. The molecule has 0 spiro atoms. The van der Waals surface area contributed by atoms with E-state index in [4.69, 9.17) is 16.3 Å². The van der Waals surface area contributed by atoms with E-state index in [2.05, 4.69) is 28.4 Å². The summed E-state index contributed by atoms with van der Waals surface area (Å²) in [7, 11) is 1.72. The van der Waals surface area contributed by atoms with Gasteiger partial charge in [0.2, 0.25) is 0 Å². The van der Waals surface area contributed by atoms with Crippen LogP contribution in [0.15, 0.2) is 48.5 Å². The maximum atomic E-state index is 12.2. The maximum absolute atomic E-state index is 12.2. The van der Waals surface area contributed by atoms with Crippen molar-refractivity contribution < 1.29 is 9.53 Å². The van der Waals surface area contributed by atoms with Gasteiger partial charge in [-0.1, -0.05) is 23.7 Å². The minimum Gasteiger partial charge on any atom is -0.497 e. The van der Waals surface area contributed by atoms with Gasteiger partial charge in [0.15, 0.2) is 0 Å². The summed E-state index contributed by atoms with van der Waals surface area (Å²) in [6.07, 6.45) is 1.26. The van der Waals surface area contributed by atoms with Gasteiger partial charge in [0.25, 0.3) is 5.91 Å². The quantitative estimate of drug-likeness (QED) is 0.823. The van der Waals surface area contributed by atoms with Crippen molar-refractivity contribution in [3.05, 3.63) is 64.7 Å². The fourth-order valence-electron chi connectivity index (χ4n) is 4.47. The van der Waals surface area contributed by atoms with Crippen molar-refractivity contribution in [3.63, 3.8) is 0 Å². The van der Waals surface area contributed by atoms with E-state index < -0.39 is 0 Å². The summed E-state index contributed by atoms with van der Waals surface area (Å²) in [5, 5.41) is 3.66. The molecule has 1 amide bonds. The summed E-state index contributed by atoms with van der Waals surface area (Å²) in [5.41, 5.74) is 2.05. The Bertz CT molecular complexity index is 808. The second kappa shape index (κ2) is 7.91. The van der Waals surface area contributed by atoms with Gasteiger partial charge in [-0.25, -0.2) is 0 Å². The van der Waals surface area contributed by atoms with Crippen molar-refractivity contribution in [1.82, 2.24) is 10.2 Å². The van der Waals surface area contributed by atoms with Gasteiger partial charge in [0.1, 0.15) is 5.75 Å². The van der Waals surface area contributed by atoms with E-state index in [1.165, 1.54) is 12.0 Å². The number of nitrogens with one attached hydrogen (secondary N) is 1. The molecule has 1 aliphatic carbocycles. The van der Waals surface area contributed by atoms with E-state index in [9.17, 15) is 4.79 Å². The molecule has 4 nitrogen and oxygen atoms in total. The Kier molecular flexibility index (Phi) is 5.37. The number of amides is 1. The van der Waals surface area contributed by atoms with Crippen LogP contribution >= 0.6 is 11.6 Å². The van der Waals surface area contributed by atoms with Crippen molar-refractivity contribution in [1.29, 1.82) is 0 Å². The molecule has 27 heavy (non-hydrogen) atoms. The molecule has 3 unspecified atom stereocenters. The molecule has 1 N–H and O–H groups in total. The van der Waals surface area contributed by atoms with Crippen LogP contribution in [0.3, 0.4) is 0 Å². The van der Waals surface area contributed by atoms with Crippen LogP contribution in [0.1, 0.15) is 28.3 Å². The molecular weight excluding hydrogens is 360 g/mol. The zero-order valence-electron chi connectivity index (χ0n) is 15.5. The Hall–Kier alpha value is -2.04. The third-order valence-corrected chi connectivity index (χ3v) is 6.23. The van der Waals surface area contributed by atoms with E-state index in [1.54, 1.807) is 31.4 Å². The minimum atomic E-state index is -0.0388. The maximum Gasteiger partial charge on any atom is 0.251 e. The second-order valence-electron chi connectivity index (χ2n) is 7.57. The van der Waals surface area contributed by atoms with E-state index in [-0.39, 0.29) is 5.91 Å². The fourth-order valence-corrected chi connectivity index (χ4v) is 4.59. The zero-order chi connectivity index (χ0) is 18.8. The van der Waals surface area contributed by atoms with Crippen LogP contribution in [-0.4, -0.2) is 44.1 Å². The van der Waals surface area contributed by atoms with Crippen molar-refractivity contribution in [2.75, 3.05) is 33.3 Å². The van der Waals surface area contributed by atoms with Crippen molar-refractivity contribution in [3.8, 4) is 5.75 Å². The average Bonchev–Trinajstić information content (AvgIpc) is 2.98. The number of likely N-dealkylation sites (tertiary alicyclic amines) is 1. The number of rotatable bonds is 6. The molecule has 142 valence electrons. The summed E-state index contributed by atoms with van der Waals surface area (Å²) in [6, 6.07) is 15.5. The van der Waals surface area contributed by atoms with Crippen LogP contribution in [0, 0.1) is 11.8 Å². The molecule has 1 saturated carbocycles. The lowest BCUT2D eigenvalue weighted by molar-refractivity contribution is 0.0949. The van der Waals surface area contributed by atoms with E-state index in [0.29, 0.717) is 23.0 Å². The van der Waals surface area contributed by atoms with Gasteiger partial charge in [-0.05, 0) is 66.1 Å². The standard InChI is InChI=1S/C22H25ClN2O2/c1-27-19-4-2-3-16(11-19)20-12-17-13-25(14-21(17)20)10-9-24-22(26)15-5-7-18(23)8-6-15/h2-8,11,17,20-21H,9-10,12-14H2,1H3,(H,24,26). The SMILES string of the molecule is COc1cccc(C2CC3CN(CCNC(=O)c4ccc(Cl)cc4)CC32)c1. The molecule has 0 radical (unpaired) electrons. The molecule has 3 atom stereocenters. The number of carbonyl (C=O) groups is 1. The second-order valence-corrected chi connectivity index (χ2v) is 8.00. The Balaban J connectivity index is 1.25. The first-order valence-electron chi connectivity index (χ1n) is 9.54. The molecule has 2 aromatic rings. The van der Waals surface area contributed by atoms with Gasteiger partial charge in [-0.2, -0.15) is 0 Å². The summed E-state index contributed by atoms with van der Waals surface area (Å²) in [5.74, 6) is 3.05. The van der Waals surface area contributed by atoms with Crippen LogP contribution in [0.5, 0.6) is 5.75 Å². The summed E-state index contributed by atoms with van der Waals surface area (Å²) in [6.45, 7) is 3.83. The Morgan fingerprint density at radius 1 is 1.22 bits per heavy atom. The topological polar surface area (TPSA) is 41.6 Å². The molecule has 2 fully saturated rings. The van der Waals surface area contributed by atoms with Crippen molar-refractivity contribution in [2.24, 2.45) is 11.8 Å². The molecule has 0 bridgehead atoms. The van der Waals surface area contributed by atoms with E-state index >= 15 is 0 Å². The first kappa shape index (κ1) is 18.3. The van der Waals surface area contributed by atoms with Crippen LogP contribution in [0.25, 0.3) is 0 Å². The summed E-state index contributed by atoms with van der Waals surface area (Å²) < 4.78 is 5.37. The highest BCUT2D eigenvalue weighted by Crippen LogP contribution is 2.51. The van der Waals surface area contributed by atoms with Crippen LogP contribution in [-0.2, 0) is 0 Å². The first-order chi connectivity index (χ1) is 13.1. The normalized spacial score (nSPS) is 24.1. The first-order valence-corrected chi connectivity index (χ1v) is 9.92. The highest BCUT2D eigenvalue weighted by atomic mass is 35.5. The van der Waals surface area contributed by atoms with Gasteiger partial charge in [0, 0.05) is 36.8 Å². The lowest BCUT2D eigenvalue weighted by Crippen LogP contribution is -2.34. The Labute approximate surface area is 165 Å². The third kappa shape index (κ3) is 3.97. The number of hydrogen-bond donors (Lipinski definition) is 1. The number of ether oxygens (including phenoxy) is 1. The largest absolute Gasteiger partial charge is 0.497 e. The van der Waals surface area contributed by atoms with Crippen LogP contribution < -0.4 is 10.1 Å². The highest BCUT2D eigenvalue weighted by molar-refractivity contribution is 6.30. The van der Waals surface area contributed by atoms with Crippen molar-refractivity contribution in [2.45, 2.75) is 12.3 Å². The number of fused-ring (bicyclic) bond motifs is 1. The number of methoxy groups -OCH3 is 1. The number of hydrogen-bond acceptors (Lipinski definition) is 3. The lowest BCUT2D eigenvalue weighted by Gasteiger charge is -2.40. The molecule has 1 heterocycles. The molecular formula is C22H25ClN2O2. The number of benzene rings is 2. The van der Waals surface area contributed by atoms with Crippen molar-refractivity contribution >= 4 is 17.5 Å². The summed E-state index contributed by atoms with van der Waals surface area (Å²) >= 11 is 5.87. The van der Waals surface area contributed by atoms with Gasteiger partial charge in [0.05, 0.1) is 7.11 Å². The third-order valence-electron chi connectivity index (χ3n) is 5.98. The Morgan fingerprint density at radius 3 is 2.81 bits per heavy atom. The number of halogens is 1. The summed E-state index contributed by atoms with van der Waals surface area (Å²) in [4.78, 5) is 14.7.